The standard InChI is InChI=1S/C20H12FN/c1-2-15-16(13-7-9-14(21)10-8-13)11-12-18-17-5-3-4-6-19(17)22-20(15)18/h1,3-12,22H. The first-order valence-corrected chi connectivity index (χ1v) is 7.04. The number of rotatable bonds is 1. The maximum atomic E-state index is 13.1. The predicted octanol–water partition coefficient (Wildman–Crippen LogP) is 5.11. The van der Waals surface area contributed by atoms with E-state index in [-0.39, 0.29) is 5.82 Å². The number of hydrogen-bond acceptors (Lipinski definition) is 0. The van der Waals surface area contributed by atoms with Gasteiger partial charge >= 0.3 is 0 Å². The molecule has 0 radical (unpaired) electrons. The van der Waals surface area contributed by atoms with Crippen molar-refractivity contribution >= 4 is 21.8 Å². The molecule has 2 heteroatoms. The van der Waals surface area contributed by atoms with E-state index in [1.165, 1.54) is 12.1 Å². The maximum Gasteiger partial charge on any atom is 0.123 e. The number of benzene rings is 3. The van der Waals surface area contributed by atoms with E-state index < -0.39 is 0 Å². The minimum atomic E-state index is -0.252. The van der Waals surface area contributed by atoms with Crippen molar-refractivity contribution in [3.63, 3.8) is 0 Å². The van der Waals surface area contributed by atoms with Gasteiger partial charge < -0.3 is 4.98 Å². The van der Waals surface area contributed by atoms with Gasteiger partial charge in [0.05, 0.1) is 11.1 Å². The molecule has 1 N–H and O–H groups in total. The molecule has 1 heterocycles. The highest BCUT2D eigenvalue weighted by Crippen LogP contribution is 2.33. The molecule has 0 fully saturated rings. The minimum Gasteiger partial charge on any atom is -0.353 e. The molecule has 0 spiro atoms. The number of terminal acetylenes is 1. The molecule has 0 amide bonds. The molecule has 0 aliphatic rings. The van der Waals surface area contributed by atoms with Crippen molar-refractivity contribution in [3.05, 3.63) is 72.0 Å². The fourth-order valence-electron chi connectivity index (χ4n) is 2.94. The van der Waals surface area contributed by atoms with Gasteiger partial charge in [0, 0.05) is 16.3 Å². The Morgan fingerprint density at radius 1 is 0.864 bits per heavy atom. The number of aromatic amines is 1. The Balaban J connectivity index is 2.07. The van der Waals surface area contributed by atoms with Crippen LogP contribution in [0.3, 0.4) is 0 Å². The van der Waals surface area contributed by atoms with Gasteiger partial charge in [-0.1, -0.05) is 48.4 Å². The van der Waals surface area contributed by atoms with E-state index in [9.17, 15) is 4.39 Å². The van der Waals surface area contributed by atoms with Crippen LogP contribution in [0.2, 0.25) is 0 Å². The van der Waals surface area contributed by atoms with Crippen molar-refractivity contribution in [2.75, 3.05) is 0 Å². The first-order valence-electron chi connectivity index (χ1n) is 7.04. The zero-order valence-electron chi connectivity index (χ0n) is 11.7. The predicted molar refractivity (Wildman–Crippen MR) is 89.1 cm³/mol. The molecule has 1 nitrogen and oxygen atoms in total. The van der Waals surface area contributed by atoms with E-state index in [0.29, 0.717) is 0 Å². The molecular weight excluding hydrogens is 273 g/mol. The molecule has 4 rings (SSSR count). The molecule has 0 unspecified atom stereocenters. The van der Waals surface area contributed by atoms with Gasteiger partial charge in [-0.15, -0.1) is 6.42 Å². The summed E-state index contributed by atoms with van der Waals surface area (Å²) in [6.07, 6.45) is 5.76. The monoisotopic (exact) mass is 285 g/mol. The van der Waals surface area contributed by atoms with Crippen LogP contribution in [-0.2, 0) is 0 Å². The summed E-state index contributed by atoms with van der Waals surface area (Å²) in [6, 6.07) is 18.6. The van der Waals surface area contributed by atoms with E-state index in [0.717, 1.165) is 38.5 Å². The van der Waals surface area contributed by atoms with Gasteiger partial charge in [-0.3, -0.25) is 0 Å². The summed E-state index contributed by atoms with van der Waals surface area (Å²) in [6.45, 7) is 0. The van der Waals surface area contributed by atoms with Gasteiger partial charge in [0.1, 0.15) is 5.82 Å². The van der Waals surface area contributed by atoms with Crippen LogP contribution in [0.25, 0.3) is 32.9 Å². The number of hydrogen-bond donors (Lipinski definition) is 1. The van der Waals surface area contributed by atoms with Crippen LogP contribution in [0.1, 0.15) is 5.56 Å². The summed E-state index contributed by atoms with van der Waals surface area (Å²) < 4.78 is 13.1. The quantitative estimate of drug-likeness (QED) is 0.468. The number of nitrogens with one attached hydrogen (secondary N) is 1. The molecule has 0 aliphatic carbocycles. The van der Waals surface area contributed by atoms with E-state index in [1.807, 2.05) is 24.3 Å². The lowest BCUT2D eigenvalue weighted by Gasteiger charge is -2.06. The van der Waals surface area contributed by atoms with Crippen LogP contribution >= 0.6 is 0 Å². The van der Waals surface area contributed by atoms with Gasteiger partial charge in [-0.05, 0) is 29.3 Å². The maximum absolute atomic E-state index is 13.1. The third kappa shape index (κ3) is 1.80. The number of aromatic nitrogens is 1. The van der Waals surface area contributed by atoms with E-state index >= 15 is 0 Å². The largest absolute Gasteiger partial charge is 0.353 e. The van der Waals surface area contributed by atoms with Crippen molar-refractivity contribution < 1.29 is 4.39 Å². The topological polar surface area (TPSA) is 15.8 Å². The van der Waals surface area contributed by atoms with E-state index in [4.69, 9.17) is 6.42 Å². The molecule has 104 valence electrons. The van der Waals surface area contributed by atoms with Gasteiger partial charge in [0.15, 0.2) is 0 Å². The van der Waals surface area contributed by atoms with Crippen LogP contribution in [0.5, 0.6) is 0 Å². The first-order chi connectivity index (χ1) is 10.8. The number of fused-ring (bicyclic) bond motifs is 3. The van der Waals surface area contributed by atoms with Gasteiger partial charge in [-0.2, -0.15) is 0 Å². The average Bonchev–Trinajstić information content (AvgIpc) is 2.93. The van der Waals surface area contributed by atoms with Crippen molar-refractivity contribution in [3.8, 4) is 23.5 Å². The Kier molecular flexibility index (Phi) is 2.74. The molecule has 0 atom stereocenters. The van der Waals surface area contributed by atoms with E-state index in [1.54, 1.807) is 12.1 Å². The van der Waals surface area contributed by atoms with Crippen LogP contribution in [0.15, 0.2) is 60.7 Å². The Hall–Kier alpha value is -3.05. The third-order valence-electron chi connectivity index (χ3n) is 3.98. The lowest BCUT2D eigenvalue weighted by Crippen LogP contribution is -1.87. The summed E-state index contributed by atoms with van der Waals surface area (Å²) in [7, 11) is 0. The summed E-state index contributed by atoms with van der Waals surface area (Å²) >= 11 is 0. The SMILES string of the molecule is C#Cc1c(-c2ccc(F)cc2)ccc2c1[nH]c1ccccc12. The summed E-state index contributed by atoms with van der Waals surface area (Å²) in [4.78, 5) is 3.40. The summed E-state index contributed by atoms with van der Waals surface area (Å²) in [5.41, 5.74) is 4.66. The normalized spacial score (nSPS) is 10.9. The van der Waals surface area contributed by atoms with Gasteiger partial charge in [0.2, 0.25) is 0 Å². The van der Waals surface area contributed by atoms with Gasteiger partial charge in [-0.25, -0.2) is 4.39 Å². The fourth-order valence-corrected chi connectivity index (χ4v) is 2.94. The second kappa shape index (κ2) is 4.75. The Bertz CT molecular complexity index is 1030. The third-order valence-corrected chi connectivity index (χ3v) is 3.98. The zero-order valence-corrected chi connectivity index (χ0v) is 11.7. The second-order valence-electron chi connectivity index (χ2n) is 5.23. The minimum absolute atomic E-state index is 0.252. The average molecular weight is 285 g/mol. The molecule has 0 aliphatic heterocycles. The van der Waals surface area contributed by atoms with E-state index in [2.05, 4.69) is 23.0 Å². The zero-order chi connectivity index (χ0) is 15.1. The van der Waals surface area contributed by atoms with Gasteiger partial charge in [0.25, 0.3) is 0 Å². The Morgan fingerprint density at radius 2 is 1.64 bits per heavy atom. The molecular formula is C20H12FN. The first kappa shape index (κ1) is 12.7. The van der Waals surface area contributed by atoms with Crippen LogP contribution in [0, 0.1) is 18.2 Å². The molecule has 1 aromatic heterocycles. The van der Waals surface area contributed by atoms with Crippen LogP contribution in [-0.4, -0.2) is 4.98 Å². The molecule has 0 bridgehead atoms. The van der Waals surface area contributed by atoms with Crippen molar-refractivity contribution in [2.45, 2.75) is 0 Å². The molecule has 0 saturated carbocycles. The number of para-hydroxylation sites is 1. The van der Waals surface area contributed by atoms with Crippen molar-refractivity contribution in [1.82, 2.24) is 4.98 Å². The molecule has 0 saturated heterocycles. The van der Waals surface area contributed by atoms with Crippen molar-refractivity contribution in [1.29, 1.82) is 0 Å². The fraction of sp³-hybridized carbons (Fsp3) is 0. The highest BCUT2D eigenvalue weighted by molar-refractivity contribution is 6.10. The Morgan fingerprint density at radius 3 is 2.41 bits per heavy atom. The summed E-state index contributed by atoms with van der Waals surface area (Å²) in [5.74, 6) is 2.54. The molecule has 3 aromatic carbocycles. The molecule has 22 heavy (non-hydrogen) atoms. The lowest BCUT2D eigenvalue weighted by atomic mass is 9.97. The van der Waals surface area contributed by atoms with Crippen LogP contribution in [0.4, 0.5) is 4.39 Å². The van der Waals surface area contributed by atoms with Crippen molar-refractivity contribution in [2.24, 2.45) is 0 Å². The molecule has 4 aromatic rings. The lowest BCUT2D eigenvalue weighted by molar-refractivity contribution is 0.628. The smallest absolute Gasteiger partial charge is 0.123 e. The highest BCUT2D eigenvalue weighted by atomic mass is 19.1. The Labute approximate surface area is 127 Å². The second-order valence-corrected chi connectivity index (χ2v) is 5.23. The summed E-state index contributed by atoms with van der Waals surface area (Å²) in [5, 5.41) is 2.26. The highest BCUT2D eigenvalue weighted by Gasteiger charge is 2.12. The van der Waals surface area contributed by atoms with Crippen LogP contribution < -0.4 is 0 Å². The number of H-pyrrole nitrogens is 1. The number of halogens is 1.